The fraction of sp³-hybridized carbons (Fsp3) is 0.214. The Hall–Kier alpha value is -1.46. The van der Waals surface area contributed by atoms with Crippen molar-refractivity contribution in [2.75, 3.05) is 19.5 Å². The van der Waals surface area contributed by atoms with Crippen LogP contribution in [-0.4, -0.2) is 19.2 Å². The van der Waals surface area contributed by atoms with Crippen LogP contribution in [0.1, 0.15) is 5.56 Å². The van der Waals surface area contributed by atoms with Crippen molar-refractivity contribution in [1.82, 2.24) is 4.98 Å². The molecular weight excluding hydrogens is 344 g/mol. The molecule has 1 aromatic carbocycles. The number of nitrogens with one attached hydrogen (secondary N) is 1. The number of ether oxygens (including phenoxy) is 2. The number of halogens is 2. The Morgan fingerprint density at radius 3 is 2.55 bits per heavy atom. The van der Waals surface area contributed by atoms with E-state index in [1.807, 2.05) is 13.0 Å². The van der Waals surface area contributed by atoms with Gasteiger partial charge in [0.1, 0.15) is 17.3 Å². The highest BCUT2D eigenvalue weighted by Crippen LogP contribution is 2.38. The lowest BCUT2D eigenvalue weighted by atomic mass is 10.2. The first kappa shape index (κ1) is 14.9. The van der Waals surface area contributed by atoms with E-state index in [4.69, 9.17) is 21.1 Å². The van der Waals surface area contributed by atoms with E-state index in [9.17, 15) is 0 Å². The normalized spacial score (nSPS) is 10.2. The van der Waals surface area contributed by atoms with E-state index in [1.165, 1.54) is 0 Å². The minimum absolute atomic E-state index is 0.500. The number of aromatic nitrogens is 1. The number of anilines is 2. The number of hydrogen-bond acceptors (Lipinski definition) is 4. The van der Waals surface area contributed by atoms with Crippen molar-refractivity contribution >= 4 is 39.0 Å². The molecule has 0 radical (unpaired) electrons. The van der Waals surface area contributed by atoms with Crippen molar-refractivity contribution in [3.63, 3.8) is 0 Å². The number of pyridine rings is 1. The molecule has 0 aliphatic rings. The second kappa shape index (κ2) is 6.33. The molecule has 1 heterocycles. The van der Waals surface area contributed by atoms with Crippen LogP contribution in [-0.2, 0) is 0 Å². The van der Waals surface area contributed by atoms with Crippen LogP contribution in [0.4, 0.5) is 11.5 Å². The lowest BCUT2D eigenvalue weighted by molar-refractivity contribution is 0.396. The van der Waals surface area contributed by atoms with Crippen molar-refractivity contribution in [2.24, 2.45) is 0 Å². The Morgan fingerprint density at radius 1 is 1.20 bits per heavy atom. The van der Waals surface area contributed by atoms with Crippen LogP contribution in [0.3, 0.4) is 0 Å². The van der Waals surface area contributed by atoms with Crippen LogP contribution in [0, 0.1) is 6.92 Å². The first-order chi connectivity index (χ1) is 9.56. The van der Waals surface area contributed by atoms with Crippen molar-refractivity contribution < 1.29 is 9.47 Å². The van der Waals surface area contributed by atoms with Gasteiger partial charge in [-0.3, -0.25) is 0 Å². The first-order valence-electron chi connectivity index (χ1n) is 5.86. The summed E-state index contributed by atoms with van der Waals surface area (Å²) in [6.07, 6.45) is 1.74. The van der Waals surface area contributed by atoms with Crippen molar-refractivity contribution in [2.45, 2.75) is 6.92 Å². The smallest absolute Gasteiger partial charge is 0.146 e. The molecule has 1 N–H and O–H groups in total. The summed E-state index contributed by atoms with van der Waals surface area (Å²) in [5.74, 6) is 1.89. The van der Waals surface area contributed by atoms with E-state index in [2.05, 4.69) is 26.2 Å². The van der Waals surface area contributed by atoms with Crippen LogP contribution >= 0.6 is 27.5 Å². The summed E-state index contributed by atoms with van der Waals surface area (Å²) < 4.78 is 11.4. The Balaban J connectivity index is 2.42. The number of methoxy groups -OCH3 is 2. The maximum absolute atomic E-state index is 6.14. The van der Waals surface area contributed by atoms with Crippen LogP contribution in [0.15, 0.2) is 28.9 Å². The van der Waals surface area contributed by atoms with E-state index in [0.29, 0.717) is 22.3 Å². The van der Waals surface area contributed by atoms with E-state index in [-0.39, 0.29) is 0 Å². The Kier molecular flexibility index (Phi) is 4.73. The van der Waals surface area contributed by atoms with Gasteiger partial charge in [0.25, 0.3) is 0 Å². The van der Waals surface area contributed by atoms with E-state index < -0.39 is 0 Å². The largest absolute Gasteiger partial charge is 0.495 e. The van der Waals surface area contributed by atoms with Gasteiger partial charge in [0.05, 0.1) is 29.4 Å². The summed E-state index contributed by atoms with van der Waals surface area (Å²) in [6.45, 7) is 2.00. The van der Waals surface area contributed by atoms with Crippen molar-refractivity contribution in [3.8, 4) is 11.5 Å². The molecule has 20 heavy (non-hydrogen) atoms. The van der Waals surface area contributed by atoms with Crippen molar-refractivity contribution in [3.05, 3.63) is 39.5 Å². The monoisotopic (exact) mass is 356 g/mol. The summed E-state index contributed by atoms with van der Waals surface area (Å²) in [6, 6.07) is 5.40. The molecule has 0 aliphatic carbocycles. The fourth-order valence-electron chi connectivity index (χ4n) is 1.71. The highest BCUT2D eigenvalue weighted by atomic mass is 79.9. The predicted octanol–water partition coefficient (Wildman–Crippen LogP) is 4.57. The molecule has 2 aromatic rings. The Labute approximate surface area is 131 Å². The average Bonchev–Trinajstić information content (AvgIpc) is 2.44. The number of nitrogens with zero attached hydrogens (tertiary/aromatic N) is 1. The zero-order valence-corrected chi connectivity index (χ0v) is 13.7. The lowest BCUT2D eigenvalue weighted by Gasteiger charge is -2.14. The third-order valence-electron chi connectivity index (χ3n) is 2.81. The minimum Gasteiger partial charge on any atom is -0.495 e. The molecular formula is C14H14BrClN2O2. The number of rotatable bonds is 4. The maximum Gasteiger partial charge on any atom is 0.146 e. The topological polar surface area (TPSA) is 43.4 Å². The van der Waals surface area contributed by atoms with Gasteiger partial charge in [-0.2, -0.15) is 0 Å². The summed E-state index contributed by atoms with van der Waals surface area (Å²) >= 11 is 9.65. The second-order valence-corrected chi connectivity index (χ2v) is 5.30. The zero-order chi connectivity index (χ0) is 14.7. The molecule has 1 aromatic heterocycles. The van der Waals surface area contributed by atoms with Gasteiger partial charge in [0, 0.05) is 12.3 Å². The van der Waals surface area contributed by atoms with Gasteiger partial charge in [0.15, 0.2) is 0 Å². The average molecular weight is 358 g/mol. The molecule has 0 spiro atoms. The van der Waals surface area contributed by atoms with Gasteiger partial charge in [-0.25, -0.2) is 4.98 Å². The van der Waals surface area contributed by atoms with E-state index in [0.717, 1.165) is 15.7 Å². The Bertz CT molecular complexity index is 635. The number of hydrogen-bond donors (Lipinski definition) is 1. The molecule has 2 rings (SSSR count). The van der Waals surface area contributed by atoms with Crippen molar-refractivity contribution in [1.29, 1.82) is 0 Å². The standard InChI is InChI=1S/C14H14BrClN2O2/c1-8-4-5-17-14(13(8)15)18-10-6-9(16)11(19-2)7-12(10)20-3/h4-7H,1-3H3,(H,17,18). The molecule has 0 fully saturated rings. The molecule has 0 amide bonds. The van der Waals surface area contributed by atoms with E-state index in [1.54, 1.807) is 32.5 Å². The van der Waals surface area contributed by atoms with Gasteiger partial charge in [-0.05, 0) is 40.5 Å². The summed E-state index contributed by atoms with van der Waals surface area (Å²) in [4.78, 5) is 4.29. The number of benzene rings is 1. The maximum atomic E-state index is 6.14. The predicted molar refractivity (Wildman–Crippen MR) is 84.5 cm³/mol. The second-order valence-electron chi connectivity index (χ2n) is 4.10. The highest BCUT2D eigenvalue weighted by molar-refractivity contribution is 9.10. The zero-order valence-electron chi connectivity index (χ0n) is 11.3. The third kappa shape index (κ3) is 2.99. The van der Waals surface area contributed by atoms with Crippen LogP contribution in [0.2, 0.25) is 5.02 Å². The lowest BCUT2D eigenvalue weighted by Crippen LogP contribution is -1.99. The van der Waals surface area contributed by atoms with Gasteiger partial charge in [-0.15, -0.1) is 0 Å². The van der Waals surface area contributed by atoms with Crippen LogP contribution in [0.25, 0.3) is 0 Å². The summed E-state index contributed by atoms with van der Waals surface area (Å²) in [5, 5.41) is 3.70. The molecule has 0 unspecified atom stereocenters. The first-order valence-corrected chi connectivity index (χ1v) is 7.03. The highest BCUT2D eigenvalue weighted by Gasteiger charge is 2.12. The molecule has 0 saturated heterocycles. The molecule has 0 aliphatic heterocycles. The van der Waals surface area contributed by atoms with Gasteiger partial charge < -0.3 is 14.8 Å². The third-order valence-corrected chi connectivity index (χ3v) is 4.11. The molecule has 106 valence electrons. The summed E-state index contributed by atoms with van der Waals surface area (Å²) in [5.41, 5.74) is 1.80. The molecule has 0 saturated carbocycles. The van der Waals surface area contributed by atoms with Gasteiger partial charge in [0.2, 0.25) is 0 Å². The number of aryl methyl sites for hydroxylation is 1. The quantitative estimate of drug-likeness (QED) is 0.870. The SMILES string of the molecule is COc1cc(OC)c(Nc2nccc(C)c2Br)cc1Cl. The van der Waals surface area contributed by atoms with Gasteiger partial charge >= 0.3 is 0 Å². The molecule has 6 heteroatoms. The summed E-state index contributed by atoms with van der Waals surface area (Å²) in [7, 11) is 3.15. The molecule has 4 nitrogen and oxygen atoms in total. The molecule has 0 atom stereocenters. The fourth-order valence-corrected chi connectivity index (χ4v) is 2.29. The van der Waals surface area contributed by atoms with E-state index >= 15 is 0 Å². The van der Waals surface area contributed by atoms with Crippen LogP contribution in [0.5, 0.6) is 11.5 Å². The van der Waals surface area contributed by atoms with Gasteiger partial charge in [-0.1, -0.05) is 11.6 Å². The Morgan fingerprint density at radius 2 is 1.90 bits per heavy atom. The van der Waals surface area contributed by atoms with Crippen LogP contribution < -0.4 is 14.8 Å². The molecule has 0 bridgehead atoms. The minimum atomic E-state index is 0.500.